The highest BCUT2D eigenvalue weighted by Crippen LogP contribution is 2.39. The molecule has 1 heterocycles. The summed E-state index contributed by atoms with van der Waals surface area (Å²) >= 11 is 4.06. The number of thioether (sulfide) groups is 2. The molecule has 0 amide bonds. The van der Waals surface area contributed by atoms with E-state index in [0.29, 0.717) is 4.58 Å². The van der Waals surface area contributed by atoms with Gasteiger partial charge in [0.2, 0.25) is 0 Å². The first kappa shape index (κ1) is 16.9. The lowest BCUT2D eigenvalue weighted by Gasteiger charge is -2.39. The largest absolute Gasteiger partial charge is 0.412 e. The molecule has 18 heavy (non-hydrogen) atoms. The van der Waals surface area contributed by atoms with Crippen molar-refractivity contribution in [2.24, 2.45) is 0 Å². The molecule has 1 atom stereocenters. The molecular weight excluding hydrogens is 280 g/mol. The van der Waals surface area contributed by atoms with Crippen LogP contribution in [0.4, 0.5) is 0 Å². The second-order valence-corrected chi connectivity index (χ2v) is 14.1. The Morgan fingerprint density at radius 3 is 2.28 bits per heavy atom. The molecule has 108 valence electrons. The molecule has 5 heteroatoms. The summed E-state index contributed by atoms with van der Waals surface area (Å²) in [6.07, 6.45) is 2.32. The molecule has 0 unspecified atom stereocenters. The van der Waals surface area contributed by atoms with E-state index in [1.807, 2.05) is 23.5 Å². The van der Waals surface area contributed by atoms with Gasteiger partial charge < -0.3 is 9.53 Å². The fraction of sp³-hybridized carbons (Fsp3) is 1.00. The molecule has 1 N–H and O–H groups in total. The van der Waals surface area contributed by atoms with Crippen LogP contribution in [0.15, 0.2) is 0 Å². The zero-order valence-electron chi connectivity index (χ0n) is 12.4. The van der Waals surface area contributed by atoms with Crippen molar-refractivity contribution < 1.29 is 9.53 Å². The second-order valence-electron chi connectivity index (χ2n) is 6.44. The Kier molecular flexibility index (Phi) is 6.59. The fourth-order valence-electron chi connectivity index (χ4n) is 1.64. The van der Waals surface area contributed by atoms with Gasteiger partial charge in [-0.2, -0.15) is 0 Å². The van der Waals surface area contributed by atoms with E-state index in [1.54, 1.807) is 0 Å². The summed E-state index contributed by atoms with van der Waals surface area (Å²) in [6.45, 7) is 11.4. The van der Waals surface area contributed by atoms with Crippen LogP contribution in [0.2, 0.25) is 18.1 Å². The Morgan fingerprint density at radius 1 is 1.28 bits per heavy atom. The monoisotopic (exact) mass is 308 g/mol. The Bertz CT molecular complexity index is 248. The van der Waals surface area contributed by atoms with Crippen LogP contribution in [0.1, 0.15) is 33.6 Å². The van der Waals surface area contributed by atoms with E-state index in [0.717, 1.165) is 6.42 Å². The average molecular weight is 309 g/mol. The second kappa shape index (κ2) is 7.02. The molecule has 0 radical (unpaired) electrons. The van der Waals surface area contributed by atoms with Crippen molar-refractivity contribution in [1.29, 1.82) is 0 Å². The van der Waals surface area contributed by atoms with Gasteiger partial charge in [0.1, 0.15) is 0 Å². The first-order chi connectivity index (χ1) is 8.26. The molecule has 2 nitrogen and oxygen atoms in total. The molecule has 0 aromatic rings. The summed E-state index contributed by atoms with van der Waals surface area (Å²) in [5, 5.41) is 9.78. The number of hydrogen-bond donors (Lipinski definition) is 1. The highest BCUT2D eigenvalue weighted by molar-refractivity contribution is 8.17. The van der Waals surface area contributed by atoms with Gasteiger partial charge in [-0.25, -0.2) is 0 Å². The minimum atomic E-state index is -1.75. The van der Waals surface area contributed by atoms with Crippen LogP contribution in [-0.4, -0.2) is 42.2 Å². The minimum absolute atomic E-state index is 0.0222. The van der Waals surface area contributed by atoms with Gasteiger partial charge in [0.15, 0.2) is 8.32 Å². The van der Waals surface area contributed by atoms with Crippen molar-refractivity contribution in [3.8, 4) is 0 Å². The third-order valence-corrected chi connectivity index (χ3v) is 11.4. The molecule has 0 aromatic carbocycles. The predicted molar refractivity (Wildman–Crippen MR) is 87.1 cm³/mol. The SMILES string of the molecule is CC(C)(C)[Si](C)(C)O[C@H](CO)CC1SCCCS1. The van der Waals surface area contributed by atoms with E-state index >= 15 is 0 Å². The lowest BCUT2D eigenvalue weighted by atomic mass is 10.2. The molecule has 0 aliphatic carbocycles. The van der Waals surface area contributed by atoms with Gasteiger partial charge in [-0.05, 0) is 42.5 Å². The standard InChI is InChI=1S/C13H28O2S2Si/c1-13(2,3)18(4,5)15-11(10-14)9-12-16-7-6-8-17-12/h11-12,14H,6-10H2,1-5H3/t11-/m0/s1. The zero-order chi connectivity index (χ0) is 13.8. The van der Waals surface area contributed by atoms with Crippen LogP contribution in [-0.2, 0) is 4.43 Å². The lowest BCUT2D eigenvalue weighted by molar-refractivity contribution is 0.0994. The van der Waals surface area contributed by atoms with Crippen LogP contribution < -0.4 is 0 Å². The molecule has 1 fully saturated rings. The molecule has 0 aromatic heterocycles. The molecular formula is C13H28O2S2Si. The Labute approximate surface area is 122 Å². The quantitative estimate of drug-likeness (QED) is 0.779. The van der Waals surface area contributed by atoms with E-state index in [1.165, 1.54) is 17.9 Å². The minimum Gasteiger partial charge on any atom is -0.412 e. The summed E-state index contributed by atoms with van der Waals surface area (Å²) in [7, 11) is -1.75. The van der Waals surface area contributed by atoms with Crippen molar-refractivity contribution in [3.63, 3.8) is 0 Å². The third-order valence-electron chi connectivity index (χ3n) is 3.82. The third kappa shape index (κ3) is 5.08. The molecule has 0 spiro atoms. The summed E-state index contributed by atoms with van der Waals surface area (Å²) in [5.41, 5.74) is 0. The highest BCUT2D eigenvalue weighted by Gasteiger charge is 2.39. The van der Waals surface area contributed by atoms with Crippen molar-refractivity contribution in [2.45, 2.75) is 62.4 Å². The van der Waals surface area contributed by atoms with Gasteiger partial charge >= 0.3 is 0 Å². The smallest absolute Gasteiger partial charge is 0.192 e. The Morgan fingerprint density at radius 2 is 1.83 bits per heavy atom. The maximum atomic E-state index is 9.56. The van der Waals surface area contributed by atoms with Crippen LogP contribution in [0, 0.1) is 0 Å². The summed E-state index contributed by atoms with van der Waals surface area (Å²) < 4.78 is 6.93. The van der Waals surface area contributed by atoms with Gasteiger partial charge in [0, 0.05) is 0 Å². The van der Waals surface area contributed by atoms with Gasteiger partial charge in [-0.15, -0.1) is 23.5 Å². The molecule has 1 saturated heterocycles. The summed E-state index contributed by atoms with van der Waals surface area (Å²) in [5.74, 6) is 2.52. The molecule has 1 aliphatic rings. The number of rotatable bonds is 5. The Balaban J connectivity index is 2.50. The summed E-state index contributed by atoms with van der Waals surface area (Å²) in [6, 6.07) is 0. The van der Waals surface area contributed by atoms with Crippen molar-refractivity contribution >= 4 is 31.8 Å². The Hall–Kier alpha value is 0.837. The predicted octanol–water partition coefficient (Wildman–Crippen LogP) is 3.96. The first-order valence-corrected chi connectivity index (χ1v) is 11.8. The van der Waals surface area contributed by atoms with Crippen LogP contribution in [0.3, 0.4) is 0 Å². The first-order valence-electron chi connectivity index (χ1n) is 6.78. The van der Waals surface area contributed by atoms with Gasteiger partial charge in [0.25, 0.3) is 0 Å². The topological polar surface area (TPSA) is 29.5 Å². The molecule has 1 aliphatic heterocycles. The highest BCUT2D eigenvalue weighted by atomic mass is 32.2. The number of aliphatic hydroxyl groups excluding tert-OH is 1. The number of hydrogen-bond acceptors (Lipinski definition) is 4. The van der Waals surface area contributed by atoms with Crippen molar-refractivity contribution in [2.75, 3.05) is 18.1 Å². The van der Waals surface area contributed by atoms with Gasteiger partial charge in [-0.3, -0.25) is 0 Å². The zero-order valence-corrected chi connectivity index (χ0v) is 15.0. The maximum absolute atomic E-state index is 9.56. The molecule has 0 saturated carbocycles. The van der Waals surface area contributed by atoms with E-state index in [2.05, 4.69) is 33.9 Å². The summed E-state index contributed by atoms with van der Waals surface area (Å²) in [4.78, 5) is 0. The van der Waals surface area contributed by atoms with Crippen molar-refractivity contribution in [1.82, 2.24) is 0 Å². The van der Waals surface area contributed by atoms with Gasteiger partial charge in [-0.1, -0.05) is 20.8 Å². The fourth-order valence-corrected chi connectivity index (χ4v) is 5.99. The van der Waals surface area contributed by atoms with E-state index in [4.69, 9.17) is 4.43 Å². The van der Waals surface area contributed by atoms with Gasteiger partial charge in [0.05, 0.1) is 17.3 Å². The van der Waals surface area contributed by atoms with Crippen molar-refractivity contribution in [3.05, 3.63) is 0 Å². The average Bonchev–Trinajstić information content (AvgIpc) is 2.27. The molecule has 1 rings (SSSR count). The van der Waals surface area contributed by atoms with E-state index < -0.39 is 8.32 Å². The van der Waals surface area contributed by atoms with Crippen LogP contribution >= 0.6 is 23.5 Å². The lowest BCUT2D eigenvalue weighted by Crippen LogP contribution is -2.45. The van der Waals surface area contributed by atoms with E-state index in [-0.39, 0.29) is 17.7 Å². The van der Waals surface area contributed by atoms with Crippen LogP contribution in [0.5, 0.6) is 0 Å². The molecule has 0 bridgehead atoms. The van der Waals surface area contributed by atoms with Crippen LogP contribution in [0.25, 0.3) is 0 Å². The normalized spacial score (nSPS) is 21.0. The number of aliphatic hydroxyl groups is 1. The maximum Gasteiger partial charge on any atom is 0.192 e. The van der Waals surface area contributed by atoms with E-state index in [9.17, 15) is 5.11 Å².